The second-order valence-electron chi connectivity index (χ2n) is 22.8. The minimum Gasteiger partial charge on any atom is -0.454 e. The molecule has 488 valence electrons. The van der Waals surface area contributed by atoms with Gasteiger partial charge in [-0.15, -0.1) is 0 Å². The molecule has 1 aliphatic heterocycles. The molecule has 0 bridgehead atoms. The van der Waals surface area contributed by atoms with Crippen molar-refractivity contribution in [2.24, 2.45) is 0 Å². The Labute approximate surface area is 524 Å². The summed E-state index contributed by atoms with van der Waals surface area (Å²) in [6, 6.07) is -1.05. The molecule has 1 saturated heterocycles. The van der Waals surface area contributed by atoms with E-state index in [9.17, 15) is 35.1 Å². The highest BCUT2D eigenvalue weighted by Crippen LogP contribution is 2.26. The number of hydrogen-bond acceptors (Lipinski definition) is 10. The van der Waals surface area contributed by atoms with Crippen molar-refractivity contribution >= 4 is 11.9 Å². The number of esters is 1. The van der Waals surface area contributed by atoms with Crippen LogP contribution in [0.5, 0.6) is 0 Å². The molecule has 0 saturated carbocycles. The fourth-order valence-corrected chi connectivity index (χ4v) is 9.70. The van der Waals surface area contributed by atoms with Gasteiger partial charge in [-0.3, -0.25) is 9.59 Å². The summed E-state index contributed by atoms with van der Waals surface area (Å²) in [7, 11) is 0. The maximum absolute atomic E-state index is 13.5. The Balaban J connectivity index is 2.64. The Morgan fingerprint density at radius 1 is 0.465 bits per heavy atom. The summed E-state index contributed by atoms with van der Waals surface area (Å²) in [4.78, 5) is 26.6. The van der Waals surface area contributed by atoms with E-state index in [1.807, 2.05) is 18.2 Å². The van der Waals surface area contributed by atoms with Gasteiger partial charge >= 0.3 is 5.97 Å². The van der Waals surface area contributed by atoms with Gasteiger partial charge in [-0.2, -0.15) is 0 Å². The number of aliphatic hydroxyl groups excluding tert-OH is 5. The van der Waals surface area contributed by atoms with E-state index in [1.54, 1.807) is 6.08 Å². The van der Waals surface area contributed by atoms with Gasteiger partial charge in [0, 0.05) is 6.42 Å². The van der Waals surface area contributed by atoms with Crippen molar-refractivity contribution in [1.29, 1.82) is 0 Å². The molecule has 11 heteroatoms. The third-order valence-corrected chi connectivity index (χ3v) is 15.0. The lowest BCUT2D eigenvalue weighted by Crippen LogP contribution is -2.61. The van der Waals surface area contributed by atoms with E-state index in [0.29, 0.717) is 19.3 Å². The first-order valence-corrected chi connectivity index (χ1v) is 34.1. The molecule has 1 aliphatic rings. The van der Waals surface area contributed by atoms with Crippen molar-refractivity contribution in [2.45, 2.75) is 301 Å². The summed E-state index contributed by atoms with van der Waals surface area (Å²) in [6.45, 7) is 5.52. The van der Waals surface area contributed by atoms with Crippen molar-refractivity contribution in [2.75, 3.05) is 13.2 Å². The van der Waals surface area contributed by atoms with Gasteiger partial charge in [0.05, 0.1) is 25.4 Å². The molecule has 0 aromatic heterocycles. The van der Waals surface area contributed by atoms with Crippen molar-refractivity contribution in [3.8, 4) is 0 Å². The molecule has 1 amide bonds. The van der Waals surface area contributed by atoms with Gasteiger partial charge in [0.2, 0.25) is 5.91 Å². The monoisotopic (exact) mass is 1200 g/mol. The second kappa shape index (κ2) is 60.8. The van der Waals surface area contributed by atoms with Crippen LogP contribution >= 0.6 is 0 Å². The summed E-state index contributed by atoms with van der Waals surface area (Å²) in [5, 5.41) is 57.1. The normalized spacial score (nSPS) is 19.3. The molecule has 1 heterocycles. The van der Waals surface area contributed by atoms with E-state index in [2.05, 4.69) is 148 Å². The first-order chi connectivity index (χ1) is 42.2. The SMILES string of the molecule is CC/C=C\C/C=C\C/C=C\C/C=C\C/C=C\C/C=C\CCC(=O)OC1C(OCC(NC(=O)C(O)CCCCCCCCCCCC/C=C\C/C=C\C/C=C\C/C=C\C/C=C\CC)C(O)/C=C/CCCCCCCCCCCC)OC(CO)C(O)C1O. The number of unbranched alkanes of at least 4 members (excludes halogenated alkanes) is 20. The smallest absolute Gasteiger partial charge is 0.306 e. The van der Waals surface area contributed by atoms with Gasteiger partial charge in [0.1, 0.15) is 24.4 Å². The molecule has 0 aromatic carbocycles. The van der Waals surface area contributed by atoms with Crippen LogP contribution in [-0.4, -0.2) is 99.6 Å². The summed E-state index contributed by atoms with van der Waals surface area (Å²) in [5.41, 5.74) is 0. The van der Waals surface area contributed by atoms with Crippen LogP contribution < -0.4 is 5.32 Å². The minimum atomic E-state index is -1.65. The molecule has 6 N–H and O–H groups in total. The molecule has 11 nitrogen and oxygen atoms in total. The van der Waals surface area contributed by atoms with Crippen LogP contribution in [0, 0.1) is 0 Å². The zero-order valence-corrected chi connectivity index (χ0v) is 54.1. The average molecular weight is 1200 g/mol. The molecule has 1 rings (SSSR count). The number of aliphatic hydroxyl groups is 5. The van der Waals surface area contributed by atoms with Crippen LogP contribution in [0.4, 0.5) is 0 Å². The molecule has 86 heavy (non-hydrogen) atoms. The first kappa shape index (κ1) is 79.6. The number of allylic oxidation sites excluding steroid dienone is 23. The Kier molecular flexibility index (Phi) is 56.2. The van der Waals surface area contributed by atoms with E-state index in [4.69, 9.17) is 14.2 Å². The number of carbonyl (C=O) groups excluding carboxylic acids is 2. The summed E-state index contributed by atoms with van der Waals surface area (Å²) < 4.78 is 17.6. The number of nitrogens with one attached hydrogen (secondary N) is 1. The van der Waals surface area contributed by atoms with Crippen LogP contribution in [0.2, 0.25) is 0 Å². The Morgan fingerprint density at radius 3 is 1.26 bits per heavy atom. The Hall–Kier alpha value is -4.46. The van der Waals surface area contributed by atoms with Crippen molar-refractivity contribution < 1.29 is 49.3 Å². The fourth-order valence-electron chi connectivity index (χ4n) is 9.70. The highest BCUT2D eigenvalue weighted by molar-refractivity contribution is 5.80. The maximum atomic E-state index is 13.5. The summed E-state index contributed by atoms with van der Waals surface area (Å²) in [5.74, 6) is -1.30. The number of amides is 1. The van der Waals surface area contributed by atoms with E-state index in [1.165, 1.54) is 83.5 Å². The van der Waals surface area contributed by atoms with Crippen LogP contribution in [0.15, 0.2) is 146 Å². The standard InChI is InChI=1S/C75H123NO10/c1-4-7-10-13-16-19-22-25-27-29-31-32-33-34-35-36-37-39-40-42-44-47-50-53-56-59-62-68(79)74(83)76-66(67(78)61-58-55-52-49-46-24-21-18-15-12-9-6-3)65-84-75-73(72(82)71(81)69(64-77)85-75)86-70(80)63-60-57-54-51-48-45-43-41-38-30-28-26-23-20-17-14-11-8-5-2/h7-8,10-11,16-17,19-20,25-28,31-32,34-35,38,41,45,48,54,57-58,61,66-69,71-73,75,77-79,81-82H,4-6,9,12-15,18,21-24,29-30,33,36-37,39-40,42-44,46-47,49-53,55-56,59-60,62-65H2,1-3H3,(H,76,83)/b10-7-,11-8-,19-16-,20-17-,27-25-,28-26-,32-31-,35-34-,41-38-,48-45-,57-54-,61-58+. The molecule has 1 fully saturated rings. The predicted molar refractivity (Wildman–Crippen MR) is 360 cm³/mol. The van der Waals surface area contributed by atoms with Crippen LogP contribution in [-0.2, 0) is 23.8 Å². The van der Waals surface area contributed by atoms with Crippen molar-refractivity contribution in [3.05, 3.63) is 146 Å². The second-order valence-corrected chi connectivity index (χ2v) is 22.8. The highest BCUT2D eigenvalue weighted by Gasteiger charge is 2.47. The molecule has 0 aromatic rings. The summed E-state index contributed by atoms with van der Waals surface area (Å²) in [6.07, 6.45) is 77.5. The predicted octanol–water partition coefficient (Wildman–Crippen LogP) is 17.3. The number of hydrogen-bond donors (Lipinski definition) is 6. The number of ether oxygens (including phenoxy) is 3. The maximum Gasteiger partial charge on any atom is 0.306 e. The Bertz CT molecular complexity index is 1960. The lowest BCUT2D eigenvalue weighted by atomic mass is 9.99. The van der Waals surface area contributed by atoms with Crippen molar-refractivity contribution in [3.63, 3.8) is 0 Å². The van der Waals surface area contributed by atoms with Gasteiger partial charge in [0.25, 0.3) is 0 Å². The van der Waals surface area contributed by atoms with Gasteiger partial charge in [-0.1, -0.05) is 282 Å². The quantitative estimate of drug-likeness (QED) is 0.0195. The van der Waals surface area contributed by atoms with E-state index in [0.717, 1.165) is 116 Å². The molecule has 8 unspecified atom stereocenters. The highest BCUT2D eigenvalue weighted by atomic mass is 16.7. The zero-order valence-electron chi connectivity index (χ0n) is 54.1. The van der Waals surface area contributed by atoms with Gasteiger partial charge < -0.3 is 45.1 Å². The number of rotatable bonds is 56. The molecule has 0 radical (unpaired) electrons. The van der Waals surface area contributed by atoms with Crippen LogP contribution in [0.1, 0.15) is 252 Å². The zero-order chi connectivity index (χ0) is 62.4. The molecule has 0 aliphatic carbocycles. The van der Waals surface area contributed by atoms with Gasteiger partial charge in [-0.25, -0.2) is 0 Å². The Morgan fingerprint density at radius 2 is 0.837 bits per heavy atom. The van der Waals surface area contributed by atoms with Crippen LogP contribution in [0.3, 0.4) is 0 Å². The van der Waals surface area contributed by atoms with E-state index < -0.39 is 67.4 Å². The largest absolute Gasteiger partial charge is 0.454 e. The minimum absolute atomic E-state index is 0.00926. The third-order valence-electron chi connectivity index (χ3n) is 15.0. The number of carbonyl (C=O) groups is 2. The fraction of sp³-hybridized carbons (Fsp3) is 0.653. The van der Waals surface area contributed by atoms with Crippen LogP contribution in [0.25, 0.3) is 0 Å². The van der Waals surface area contributed by atoms with Gasteiger partial charge in [-0.05, 0) is 109 Å². The van der Waals surface area contributed by atoms with Crippen molar-refractivity contribution in [1.82, 2.24) is 5.32 Å². The lowest BCUT2D eigenvalue weighted by Gasteiger charge is -2.41. The topological polar surface area (TPSA) is 175 Å². The van der Waals surface area contributed by atoms with Gasteiger partial charge in [0.15, 0.2) is 12.4 Å². The molecule has 0 spiro atoms. The first-order valence-electron chi connectivity index (χ1n) is 34.1. The summed E-state index contributed by atoms with van der Waals surface area (Å²) >= 11 is 0. The molecule has 8 atom stereocenters. The lowest BCUT2D eigenvalue weighted by molar-refractivity contribution is -0.305. The molecular formula is C75H123NO10. The van der Waals surface area contributed by atoms with E-state index in [-0.39, 0.29) is 19.4 Å². The molecular weight excluding hydrogens is 1070 g/mol. The third kappa shape index (κ3) is 47.6. The average Bonchev–Trinajstić information content (AvgIpc) is 3.01. The van der Waals surface area contributed by atoms with E-state index >= 15 is 0 Å².